The fourth-order valence-electron chi connectivity index (χ4n) is 2.74. The minimum absolute atomic E-state index is 0.143. The van der Waals surface area contributed by atoms with Gasteiger partial charge in [-0.05, 0) is 31.7 Å². The fourth-order valence-corrected chi connectivity index (χ4v) is 2.74. The highest BCUT2D eigenvalue weighted by atomic mass is 15.3. The van der Waals surface area contributed by atoms with Crippen molar-refractivity contribution in [3.63, 3.8) is 0 Å². The molecule has 0 bridgehead atoms. The predicted molar refractivity (Wildman–Crippen MR) is 74.9 cm³/mol. The summed E-state index contributed by atoms with van der Waals surface area (Å²) in [5.74, 6) is 0.706. The van der Waals surface area contributed by atoms with Gasteiger partial charge in [-0.3, -0.25) is 0 Å². The molecule has 5 nitrogen and oxygen atoms in total. The molecular formula is C14H21N5. The van der Waals surface area contributed by atoms with Gasteiger partial charge in [0.25, 0.3) is 0 Å². The van der Waals surface area contributed by atoms with Crippen LogP contribution in [0.3, 0.4) is 0 Å². The van der Waals surface area contributed by atoms with Crippen LogP contribution in [0.15, 0.2) is 0 Å². The predicted octanol–water partition coefficient (Wildman–Crippen LogP) is 1.40. The van der Waals surface area contributed by atoms with E-state index >= 15 is 0 Å². The maximum Gasteiger partial charge on any atom is 0.169 e. The molecule has 1 aromatic rings. The minimum Gasteiger partial charge on any atom is -0.350 e. The van der Waals surface area contributed by atoms with Crippen LogP contribution in [0.25, 0.3) is 0 Å². The van der Waals surface area contributed by atoms with Gasteiger partial charge in [-0.1, -0.05) is 13.8 Å². The second-order valence-electron chi connectivity index (χ2n) is 5.03. The molecule has 0 aromatic carbocycles. The summed E-state index contributed by atoms with van der Waals surface area (Å²) < 4.78 is 0. The summed E-state index contributed by atoms with van der Waals surface area (Å²) in [6.07, 6.45) is 2.55. The van der Waals surface area contributed by atoms with Gasteiger partial charge in [0.15, 0.2) is 5.82 Å². The Labute approximate surface area is 114 Å². The van der Waals surface area contributed by atoms with E-state index in [0.717, 1.165) is 37.1 Å². The Kier molecular flexibility index (Phi) is 4.01. The largest absolute Gasteiger partial charge is 0.350 e. The fraction of sp³-hybridized carbons (Fsp3) is 0.643. The van der Waals surface area contributed by atoms with Crippen molar-refractivity contribution in [3.05, 3.63) is 16.8 Å². The quantitative estimate of drug-likeness (QED) is 0.887. The van der Waals surface area contributed by atoms with Crippen molar-refractivity contribution in [2.75, 3.05) is 11.4 Å². The average Bonchev–Trinajstić information content (AvgIpc) is 2.77. The van der Waals surface area contributed by atoms with Crippen molar-refractivity contribution in [1.82, 2.24) is 10.2 Å². The molecular weight excluding hydrogens is 238 g/mol. The summed E-state index contributed by atoms with van der Waals surface area (Å²) >= 11 is 0. The van der Waals surface area contributed by atoms with Gasteiger partial charge >= 0.3 is 0 Å². The number of hydrogen-bond donors (Lipinski definition) is 1. The number of nitrogens with two attached hydrogens (primary N) is 1. The molecule has 2 heterocycles. The van der Waals surface area contributed by atoms with Crippen LogP contribution in [-0.4, -0.2) is 28.8 Å². The van der Waals surface area contributed by atoms with E-state index in [0.29, 0.717) is 11.4 Å². The van der Waals surface area contributed by atoms with E-state index in [1.54, 1.807) is 0 Å². The highest BCUT2D eigenvalue weighted by Crippen LogP contribution is 2.28. The topological polar surface area (TPSA) is 78.8 Å². The molecule has 1 aliphatic rings. The zero-order valence-corrected chi connectivity index (χ0v) is 11.8. The standard InChI is InChI=1S/C14H21N5/c1-4-10-11(8-15)14(18-17-13(10)5-2)19-7-6-12(16)9(19)3/h9,12H,4-7,16H2,1-3H3. The molecule has 102 valence electrons. The van der Waals surface area contributed by atoms with Gasteiger partial charge in [-0.25, -0.2) is 0 Å². The van der Waals surface area contributed by atoms with E-state index < -0.39 is 0 Å². The van der Waals surface area contributed by atoms with E-state index in [1.165, 1.54) is 0 Å². The van der Waals surface area contributed by atoms with Crippen LogP contribution in [0.4, 0.5) is 5.82 Å². The van der Waals surface area contributed by atoms with Crippen molar-refractivity contribution < 1.29 is 0 Å². The monoisotopic (exact) mass is 259 g/mol. The van der Waals surface area contributed by atoms with Crippen molar-refractivity contribution in [2.45, 2.75) is 52.1 Å². The molecule has 0 saturated carbocycles. The Bertz CT molecular complexity index is 505. The van der Waals surface area contributed by atoms with E-state index in [1.807, 2.05) is 6.92 Å². The summed E-state index contributed by atoms with van der Waals surface area (Å²) in [6.45, 7) is 7.03. The van der Waals surface area contributed by atoms with Crippen molar-refractivity contribution >= 4 is 5.82 Å². The number of hydrogen-bond acceptors (Lipinski definition) is 5. The molecule has 2 N–H and O–H groups in total. The van der Waals surface area contributed by atoms with Crippen LogP contribution >= 0.6 is 0 Å². The van der Waals surface area contributed by atoms with Crippen LogP contribution in [-0.2, 0) is 12.8 Å². The molecule has 1 fully saturated rings. The van der Waals surface area contributed by atoms with Gasteiger partial charge < -0.3 is 10.6 Å². The third-order valence-electron chi connectivity index (χ3n) is 4.03. The van der Waals surface area contributed by atoms with Gasteiger partial charge in [0.05, 0.1) is 5.69 Å². The van der Waals surface area contributed by atoms with Gasteiger partial charge in [0.2, 0.25) is 0 Å². The Morgan fingerprint density at radius 2 is 2.11 bits per heavy atom. The number of aryl methyl sites for hydroxylation is 1. The zero-order valence-electron chi connectivity index (χ0n) is 11.8. The number of nitriles is 1. The van der Waals surface area contributed by atoms with Crippen molar-refractivity contribution in [2.24, 2.45) is 5.73 Å². The first-order valence-electron chi connectivity index (χ1n) is 6.94. The Balaban J connectivity index is 2.50. The second-order valence-corrected chi connectivity index (χ2v) is 5.03. The maximum absolute atomic E-state index is 9.49. The lowest BCUT2D eigenvalue weighted by atomic mass is 10.0. The van der Waals surface area contributed by atoms with E-state index in [-0.39, 0.29) is 12.1 Å². The first-order valence-corrected chi connectivity index (χ1v) is 6.94. The number of rotatable bonds is 3. The molecule has 0 spiro atoms. The molecule has 2 atom stereocenters. The van der Waals surface area contributed by atoms with Crippen molar-refractivity contribution in [1.29, 1.82) is 5.26 Å². The van der Waals surface area contributed by atoms with Gasteiger partial charge in [0, 0.05) is 18.6 Å². The third-order valence-corrected chi connectivity index (χ3v) is 4.03. The molecule has 19 heavy (non-hydrogen) atoms. The summed E-state index contributed by atoms with van der Waals surface area (Å²) in [4.78, 5) is 2.12. The number of anilines is 1. The molecule has 0 radical (unpaired) electrons. The number of aromatic nitrogens is 2. The van der Waals surface area contributed by atoms with Crippen LogP contribution in [0, 0.1) is 11.3 Å². The van der Waals surface area contributed by atoms with E-state index in [2.05, 4.69) is 35.0 Å². The first kappa shape index (κ1) is 13.8. The Morgan fingerprint density at radius 3 is 2.58 bits per heavy atom. The maximum atomic E-state index is 9.49. The number of nitrogens with zero attached hydrogens (tertiary/aromatic N) is 4. The molecule has 0 aliphatic carbocycles. The van der Waals surface area contributed by atoms with E-state index in [4.69, 9.17) is 5.73 Å². The third kappa shape index (κ3) is 2.28. The summed E-state index contributed by atoms with van der Waals surface area (Å²) in [5, 5.41) is 18.1. The lowest BCUT2D eigenvalue weighted by Gasteiger charge is -2.25. The first-order chi connectivity index (χ1) is 9.13. The van der Waals surface area contributed by atoms with Gasteiger partial charge in [-0.15, -0.1) is 5.10 Å². The Morgan fingerprint density at radius 1 is 1.37 bits per heavy atom. The molecule has 2 rings (SSSR count). The summed E-state index contributed by atoms with van der Waals surface area (Å²) in [5.41, 5.74) is 8.69. The highest BCUT2D eigenvalue weighted by molar-refractivity contribution is 5.59. The molecule has 1 aromatic heterocycles. The normalized spacial score (nSPS) is 22.6. The average molecular weight is 259 g/mol. The lowest BCUT2D eigenvalue weighted by molar-refractivity contribution is 0.618. The highest BCUT2D eigenvalue weighted by Gasteiger charge is 2.31. The molecule has 1 aliphatic heterocycles. The molecule has 0 amide bonds. The molecule has 2 unspecified atom stereocenters. The lowest BCUT2D eigenvalue weighted by Crippen LogP contribution is -2.38. The van der Waals surface area contributed by atoms with Crippen LogP contribution in [0.1, 0.15) is 44.0 Å². The van der Waals surface area contributed by atoms with Crippen molar-refractivity contribution in [3.8, 4) is 6.07 Å². The van der Waals surface area contributed by atoms with E-state index in [9.17, 15) is 5.26 Å². The summed E-state index contributed by atoms with van der Waals surface area (Å²) in [6, 6.07) is 2.67. The van der Waals surface area contributed by atoms with Crippen LogP contribution in [0.2, 0.25) is 0 Å². The second kappa shape index (κ2) is 5.54. The van der Waals surface area contributed by atoms with Crippen LogP contribution < -0.4 is 10.6 Å². The zero-order chi connectivity index (χ0) is 14.0. The van der Waals surface area contributed by atoms with Crippen LogP contribution in [0.5, 0.6) is 0 Å². The SMILES string of the molecule is CCc1nnc(N2CCC(N)C2C)c(C#N)c1CC. The smallest absolute Gasteiger partial charge is 0.169 e. The van der Waals surface area contributed by atoms with Gasteiger partial charge in [-0.2, -0.15) is 10.4 Å². The Hall–Kier alpha value is -1.67. The summed E-state index contributed by atoms with van der Waals surface area (Å²) in [7, 11) is 0. The van der Waals surface area contributed by atoms with Gasteiger partial charge in [0.1, 0.15) is 11.6 Å². The molecule has 1 saturated heterocycles. The molecule has 5 heteroatoms. The minimum atomic E-state index is 0.143.